The Kier molecular flexibility index (Phi) is 4.75. The van der Waals surface area contributed by atoms with Gasteiger partial charge >= 0.3 is 6.03 Å². The van der Waals surface area contributed by atoms with Crippen molar-refractivity contribution < 1.29 is 13.9 Å². The van der Waals surface area contributed by atoms with Crippen molar-refractivity contribution in [2.45, 2.75) is 43.5 Å². The van der Waals surface area contributed by atoms with Crippen molar-refractivity contribution in [3.8, 4) is 0 Å². The smallest absolute Gasteiger partial charge is 0.317 e. The van der Waals surface area contributed by atoms with Crippen LogP contribution in [0.25, 0.3) is 0 Å². The Labute approximate surface area is 139 Å². The Bertz CT molecular complexity index is 595. The molecule has 2 fully saturated rings. The lowest BCUT2D eigenvalue weighted by Gasteiger charge is -2.39. The van der Waals surface area contributed by atoms with Gasteiger partial charge in [0.1, 0.15) is 11.9 Å². The van der Waals surface area contributed by atoms with Crippen LogP contribution in [-0.2, 0) is 4.74 Å². The predicted octanol–water partition coefficient (Wildman–Crippen LogP) is 2.44. The first-order chi connectivity index (χ1) is 11.0. The Morgan fingerprint density at radius 3 is 2.87 bits per heavy atom. The minimum atomic E-state index is -0.481. The predicted molar refractivity (Wildman–Crippen MR) is 85.8 cm³/mol. The number of hydrogen-bond acceptors (Lipinski definition) is 3. The molecule has 0 aromatic heterocycles. The maximum absolute atomic E-state index is 13.7. The molecule has 0 spiro atoms. The second-order valence-corrected chi connectivity index (χ2v) is 6.71. The second-order valence-electron chi connectivity index (χ2n) is 6.31. The van der Waals surface area contributed by atoms with Crippen LogP contribution in [0.15, 0.2) is 18.2 Å². The quantitative estimate of drug-likeness (QED) is 0.887. The summed E-state index contributed by atoms with van der Waals surface area (Å²) in [6.45, 7) is 0.526. The van der Waals surface area contributed by atoms with Gasteiger partial charge in [0.2, 0.25) is 0 Å². The highest BCUT2D eigenvalue weighted by molar-refractivity contribution is 6.30. The standard InChI is InChI=1S/C16H21ClFN3O2/c1-21(11-7-10(19)8-11)16(22)20-14-4-5-23-15(14)9-2-3-12(17)13(18)6-9/h2-3,6,10-11,14-15H,4-5,7-8,19H2,1H3,(H,20,22)/t10?,11?,14-,15+/m1/s1. The summed E-state index contributed by atoms with van der Waals surface area (Å²) in [5.41, 5.74) is 6.45. The van der Waals surface area contributed by atoms with Crippen molar-refractivity contribution in [1.29, 1.82) is 0 Å². The Morgan fingerprint density at radius 2 is 2.22 bits per heavy atom. The molecule has 0 bridgehead atoms. The number of nitrogens with zero attached hydrogens (tertiary/aromatic N) is 1. The topological polar surface area (TPSA) is 67.6 Å². The number of amides is 2. The molecule has 1 saturated heterocycles. The molecule has 3 rings (SSSR count). The molecular formula is C16H21ClFN3O2. The van der Waals surface area contributed by atoms with Gasteiger partial charge in [-0.1, -0.05) is 17.7 Å². The first-order valence-corrected chi connectivity index (χ1v) is 8.19. The maximum atomic E-state index is 13.7. The van der Waals surface area contributed by atoms with E-state index in [2.05, 4.69) is 5.32 Å². The largest absolute Gasteiger partial charge is 0.371 e. The molecular weight excluding hydrogens is 321 g/mol. The molecule has 7 heteroatoms. The number of carbonyl (C=O) groups is 1. The van der Waals surface area contributed by atoms with Crippen LogP contribution in [0.1, 0.15) is 30.9 Å². The van der Waals surface area contributed by atoms with Gasteiger partial charge < -0.3 is 20.7 Å². The lowest BCUT2D eigenvalue weighted by molar-refractivity contribution is 0.0949. The zero-order valence-corrected chi connectivity index (χ0v) is 13.7. The number of urea groups is 1. The van der Waals surface area contributed by atoms with E-state index in [0.29, 0.717) is 18.6 Å². The lowest BCUT2D eigenvalue weighted by Crippen LogP contribution is -2.55. The summed E-state index contributed by atoms with van der Waals surface area (Å²) in [4.78, 5) is 14.1. The van der Waals surface area contributed by atoms with E-state index in [1.807, 2.05) is 0 Å². The number of carbonyl (C=O) groups excluding carboxylic acids is 1. The van der Waals surface area contributed by atoms with Crippen LogP contribution in [0.3, 0.4) is 0 Å². The number of rotatable bonds is 3. The first-order valence-electron chi connectivity index (χ1n) is 7.81. The van der Waals surface area contributed by atoms with Crippen molar-refractivity contribution in [2.75, 3.05) is 13.7 Å². The van der Waals surface area contributed by atoms with Crippen molar-refractivity contribution in [3.63, 3.8) is 0 Å². The number of nitrogens with two attached hydrogens (primary N) is 1. The van der Waals surface area contributed by atoms with Crippen molar-refractivity contribution in [2.24, 2.45) is 5.73 Å². The molecule has 2 atom stereocenters. The average molecular weight is 342 g/mol. The summed E-state index contributed by atoms with van der Waals surface area (Å²) in [7, 11) is 1.78. The molecule has 1 aromatic rings. The minimum absolute atomic E-state index is 0.0772. The fraction of sp³-hybridized carbons (Fsp3) is 0.562. The fourth-order valence-corrected chi connectivity index (χ4v) is 3.25. The highest BCUT2D eigenvalue weighted by Crippen LogP contribution is 2.31. The normalized spacial score (nSPS) is 29.9. The Balaban J connectivity index is 1.64. The molecule has 23 heavy (non-hydrogen) atoms. The van der Waals surface area contributed by atoms with Gasteiger partial charge in [-0.3, -0.25) is 0 Å². The number of halogens is 2. The summed E-state index contributed by atoms with van der Waals surface area (Å²) in [5, 5.41) is 3.07. The highest BCUT2D eigenvalue weighted by Gasteiger charge is 2.35. The van der Waals surface area contributed by atoms with Crippen molar-refractivity contribution in [1.82, 2.24) is 10.2 Å². The van der Waals surface area contributed by atoms with Crippen LogP contribution in [-0.4, -0.2) is 42.7 Å². The monoisotopic (exact) mass is 341 g/mol. The van der Waals surface area contributed by atoms with Crippen molar-refractivity contribution in [3.05, 3.63) is 34.6 Å². The van der Waals surface area contributed by atoms with Gasteiger partial charge in [-0.05, 0) is 37.0 Å². The zero-order chi connectivity index (χ0) is 16.6. The SMILES string of the molecule is CN(C(=O)N[C@@H]1CCO[C@H]1c1ccc(Cl)c(F)c1)C1CC(N)C1. The third-order valence-corrected chi connectivity index (χ3v) is 5.00. The van der Waals surface area contributed by atoms with Crippen LogP contribution in [0, 0.1) is 5.82 Å². The van der Waals surface area contributed by atoms with Crippen LogP contribution in [0.4, 0.5) is 9.18 Å². The summed E-state index contributed by atoms with van der Waals surface area (Å²) in [5.74, 6) is -0.481. The van der Waals surface area contributed by atoms with E-state index >= 15 is 0 Å². The summed E-state index contributed by atoms with van der Waals surface area (Å²) < 4.78 is 19.3. The van der Waals surface area contributed by atoms with Crippen LogP contribution >= 0.6 is 11.6 Å². The molecule has 1 aliphatic heterocycles. The number of benzene rings is 1. The zero-order valence-electron chi connectivity index (χ0n) is 13.0. The van der Waals surface area contributed by atoms with E-state index in [9.17, 15) is 9.18 Å². The molecule has 1 heterocycles. The maximum Gasteiger partial charge on any atom is 0.317 e. The first kappa shape index (κ1) is 16.5. The third kappa shape index (κ3) is 3.44. The van der Waals surface area contributed by atoms with E-state index in [1.54, 1.807) is 18.0 Å². The van der Waals surface area contributed by atoms with Gasteiger partial charge in [0.25, 0.3) is 0 Å². The fourth-order valence-electron chi connectivity index (χ4n) is 3.13. The van der Waals surface area contributed by atoms with Gasteiger partial charge in [0.05, 0.1) is 11.1 Å². The Hall–Kier alpha value is -1.37. The molecule has 2 aliphatic rings. The molecule has 1 saturated carbocycles. The molecule has 0 unspecified atom stereocenters. The lowest BCUT2D eigenvalue weighted by atomic mass is 9.87. The summed E-state index contributed by atoms with van der Waals surface area (Å²) in [6.07, 6.45) is 2.00. The highest BCUT2D eigenvalue weighted by atomic mass is 35.5. The molecule has 3 N–H and O–H groups in total. The third-order valence-electron chi connectivity index (χ3n) is 4.69. The van der Waals surface area contributed by atoms with E-state index < -0.39 is 5.82 Å². The molecule has 1 aromatic carbocycles. The molecule has 0 radical (unpaired) electrons. The van der Waals surface area contributed by atoms with E-state index in [1.165, 1.54) is 12.1 Å². The summed E-state index contributed by atoms with van der Waals surface area (Å²) in [6, 6.07) is 4.67. The van der Waals surface area contributed by atoms with E-state index in [4.69, 9.17) is 22.1 Å². The van der Waals surface area contributed by atoms with Crippen LogP contribution in [0.5, 0.6) is 0 Å². The number of ether oxygens (including phenoxy) is 1. The molecule has 5 nitrogen and oxygen atoms in total. The minimum Gasteiger partial charge on any atom is -0.371 e. The number of nitrogens with one attached hydrogen (secondary N) is 1. The molecule has 1 aliphatic carbocycles. The van der Waals surface area contributed by atoms with E-state index in [-0.39, 0.29) is 35.3 Å². The average Bonchev–Trinajstić information content (AvgIpc) is 2.94. The van der Waals surface area contributed by atoms with Gasteiger partial charge in [0, 0.05) is 25.7 Å². The Morgan fingerprint density at radius 1 is 1.48 bits per heavy atom. The van der Waals surface area contributed by atoms with Crippen LogP contribution in [0.2, 0.25) is 5.02 Å². The van der Waals surface area contributed by atoms with Gasteiger partial charge in [-0.15, -0.1) is 0 Å². The molecule has 2 amide bonds. The van der Waals surface area contributed by atoms with Crippen LogP contribution < -0.4 is 11.1 Å². The van der Waals surface area contributed by atoms with Gasteiger partial charge in [-0.25, -0.2) is 9.18 Å². The van der Waals surface area contributed by atoms with Gasteiger partial charge in [-0.2, -0.15) is 0 Å². The van der Waals surface area contributed by atoms with E-state index in [0.717, 1.165) is 12.8 Å². The second kappa shape index (κ2) is 6.63. The molecule has 126 valence electrons. The van der Waals surface area contributed by atoms with Gasteiger partial charge in [0.15, 0.2) is 0 Å². The van der Waals surface area contributed by atoms with Crippen molar-refractivity contribution >= 4 is 17.6 Å². The summed E-state index contributed by atoms with van der Waals surface area (Å²) >= 11 is 5.72. The number of hydrogen-bond donors (Lipinski definition) is 2.